The van der Waals surface area contributed by atoms with Crippen LogP contribution in [0.25, 0.3) is 0 Å². The van der Waals surface area contributed by atoms with Crippen LogP contribution in [-0.2, 0) is 16.1 Å². The number of esters is 1. The van der Waals surface area contributed by atoms with Crippen molar-refractivity contribution in [1.82, 2.24) is 9.97 Å². The van der Waals surface area contributed by atoms with Gasteiger partial charge in [0.05, 0.1) is 17.3 Å². The van der Waals surface area contributed by atoms with E-state index >= 15 is 0 Å². The zero-order valence-corrected chi connectivity index (χ0v) is 17.7. The molecule has 1 aliphatic carbocycles. The first kappa shape index (κ1) is 20.4. The van der Waals surface area contributed by atoms with Gasteiger partial charge in [0.15, 0.2) is 0 Å². The topological polar surface area (TPSA) is 87.7 Å². The van der Waals surface area contributed by atoms with Gasteiger partial charge in [-0.25, -0.2) is 9.78 Å². The van der Waals surface area contributed by atoms with Crippen LogP contribution >= 0.6 is 11.6 Å². The maximum absolute atomic E-state index is 12.9. The summed E-state index contributed by atoms with van der Waals surface area (Å²) >= 11 is 6.29. The van der Waals surface area contributed by atoms with Crippen molar-refractivity contribution in [3.05, 3.63) is 41.0 Å². The summed E-state index contributed by atoms with van der Waals surface area (Å²) in [5.74, 6) is 0.855. The second-order valence-corrected chi connectivity index (χ2v) is 8.06. The Morgan fingerprint density at radius 2 is 1.97 bits per heavy atom. The van der Waals surface area contributed by atoms with Gasteiger partial charge in [-0.15, -0.1) is 0 Å². The zero-order chi connectivity index (χ0) is 21.3. The summed E-state index contributed by atoms with van der Waals surface area (Å²) in [5.41, 5.74) is 1.51. The van der Waals surface area contributed by atoms with E-state index in [1.165, 1.54) is 11.8 Å². The molecule has 0 atom stereocenters. The zero-order valence-electron chi connectivity index (χ0n) is 17.0. The molecule has 0 bridgehead atoms. The summed E-state index contributed by atoms with van der Waals surface area (Å²) in [7, 11) is 1.70. The van der Waals surface area contributed by atoms with Gasteiger partial charge in [0, 0.05) is 31.8 Å². The minimum Gasteiger partial charge on any atom is -0.463 e. The lowest BCUT2D eigenvalue weighted by Crippen LogP contribution is -2.46. The van der Waals surface area contributed by atoms with E-state index in [2.05, 4.69) is 15.3 Å². The largest absolute Gasteiger partial charge is 0.463 e. The monoisotopic (exact) mass is 429 g/mol. The Labute approximate surface area is 180 Å². The Bertz CT molecular complexity index is 961. The smallest absolute Gasteiger partial charge is 0.330 e. The number of rotatable bonds is 4. The minimum absolute atomic E-state index is 0.00968. The molecule has 8 nitrogen and oxygen atoms in total. The number of ether oxygens (including phenoxy) is 1. The van der Waals surface area contributed by atoms with Gasteiger partial charge in [0.1, 0.15) is 11.9 Å². The molecule has 1 N–H and O–H groups in total. The van der Waals surface area contributed by atoms with Gasteiger partial charge in [-0.2, -0.15) is 4.98 Å². The highest BCUT2D eigenvalue weighted by Crippen LogP contribution is 2.33. The predicted octanol–water partition coefficient (Wildman–Crippen LogP) is 3.99. The third kappa shape index (κ3) is 4.18. The fraction of sp³-hybridized carbons (Fsp3) is 0.429. The highest BCUT2D eigenvalue weighted by atomic mass is 35.5. The molecule has 1 aromatic heterocycles. The van der Waals surface area contributed by atoms with Crippen molar-refractivity contribution in [2.45, 2.75) is 51.3 Å². The molecule has 0 spiro atoms. The summed E-state index contributed by atoms with van der Waals surface area (Å²) < 4.78 is 5.29. The van der Waals surface area contributed by atoms with Gasteiger partial charge in [0.2, 0.25) is 5.95 Å². The second kappa shape index (κ2) is 8.47. The summed E-state index contributed by atoms with van der Waals surface area (Å²) in [6.45, 7) is 1.80. The molecule has 2 amide bonds. The van der Waals surface area contributed by atoms with E-state index in [0.29, 0.717) is 29.0 Å². The lowest BCUT2D eigenvalue weighted by atomic mass is 9.93. The Morgan fingerprint density at radius 3 is 2.67 bits per heavy atom. The quantitative estimate of drug-likeness (QED) is 0.739. The Kier molecular flexibility index (Phi) is 5.76. The van der Waals surface area contributed by atoms with E-state index in [1.807, 2.05) is 18.2 Å². The highest BCUT2D eigenvalue weighted by molar-refractivity contribution is 6.34. The fourth-order valence-electron chi connectivity index (χ4n) is 3.98. The number of nitrogens with one attached hydrogen (secondary N) is 1. The lowest BCUT2D eigenvalue weighted by Gasteiger charge is -2.34. The number of nitrogens with zero attached hydrogens (tertiary/aromatic N) is 4. The Balaban J connectivity index is 1.46. The SMILES string of the molecule is CC(=O)O[C@H]1CC[C@H](Nc2ncc3c(n2)N(C)C(=O)N(c2ccccc2Cl)C3)CC1. The average Bonchev–Trinajstić information content (AvgIpc) is 2.73. The van der Waals surface area contributed by atoms with Gasteiger partial charge in [-0.05, 0) is 37.8 Å². The standard InChI is InChI=1S/C21H24ClN5O3/c1-13(28)30-16-9-7-15(8-10-16)24-20-23-11-14-12-27(18-6-4-3-5-17(18)22)21(29)26(2)19(14)25-20/h3-6,11,15-16H,7-10,12H2,1-2H3,(H,23,24,25)/t15-,16-. The third-order valence-corrected chi connectivity index (χ3v) is 5.81. The van der Waals surface area contributed by atoms with Crippen LogP contribution in [0.2, 0.25) is 5.02 Å². The van der Waals surface area contributed by atoms with Crippen LogP contribution in [0, 0.1) is 0 Å². The van der Waals surface area contributed by atoms with Crippen molar-refractivity contribution in [1.29, 1.82) is 0 Å². The van der Waals surface area contributed by atoms with Crippen LogP contribution in [0.4, 0.5) is 22.2 Å². The molecule has 9 heteroatoms. The maximum atomic E-state index is 12.9. The number of amides is 2. The van der Waals surface area contributed by atoms with Crippen LogP contribution < -0.4 is 15.1 Å². The molecule has 2 aliphatic rings. The van der Waals surface area contributed by atoms with Crippen molar-refractivity contribution in [2.75, 3.05) is 22.2 Å². The van der Waals surface area contributed by atoms with E-state index < -0.39 is 0 Å². The number of carbonyl (C=O) groups is 2. The molecule has 0 radical (unpaired) electrons. The van der Waals surface area contributed by atoms with Crippen LogP contribution in [0.5, 0.6) is 0 Å². The van der Waals surface area contributed by atoms with Crippen molar-refractivity contribution < 1.29 is 14.3 Å². The number of halogens is 1. The van der Waals surface area contributed by atoms with E-state index in [0.717, 1.165) is 31.2 Å². The number of benzene rings is 1. The predicted molar refractivity (Wildman–Crippen MR) is 115 cm³/mol. The maximum Gasteiger partial charge on any atom is 0.330 e. The molecule has 2 aromatic rings. The molecule has 1 aromatic carbocycles. The third-order valence-electron chi connectivity index (χ3n) is 5.49. The number of urea groups is 1. The first-order valence-corrected chi connectivity index (χ1v) is 10.4. The molecule has 1 aliphatic heterocycles. The van der Waals surface area contributed by atoms with Crippen molar-refractivity contribution in [3.63, 3.8) is 0 Å². The molecule has 0 saturated heterocycles. The average molecular weight is 430 g/mol. The molecule has 0 unspecified atom stereocenters. The van der Waals surface area contributed by atoms with Crippen LogP contribution in [0.3, 0.4) is 0 Å². The number of anilines is 3. The van der Waals surface area contributed by atoms with E-state index in [4.69, 9.17) is 16.3 Å². The molecule has 4 rings (SSSR count). The van der Waals surface area contributed by atoms with E-state index in [9.17, 15) is 9.59 Å². The number of carbonyl (C=O) groups excluding carboxylic acids is 2. The van der Waals surface area contributed by atoms with Crippen LogP contribution in [0.1, 0.15) is 38.2 Å². The van der Waals surface area contributed by atoms with E-state index in [1.54, 1.807) is 24.2 Å². The summed E-state index contributed by atoms with van der Waals surface area (Å²) in [5, 5.41) is 3.88. The molecule has 2 heterocycles. The number of aromatic nitrogens is 2. The Morgan fingerprint density at radius 1 is 1.23 bits per heavy atom. The highest BCUT2D eigenvalue weighted by Gasteiger charge is 2.32. The van der Waals surface area contributed by atoms with Gasteiger partial charge >= 0.3 is 12.0 Å². The van der Waals surface area contributed by atoms with Crippen LogP contribution in [0.15, 0.2) is 30.5 Å². The molecular weight excluding hydrogens is 406 g/mol. The normalized spacial score (nSPS) is 21.2. The fourth-order valence-corrected chi connectivity index (χ4v) is 4.22. The van der Waals surface area contributed by atoms with Crippen molar-refractivity contribution in [3.8, 4) is 0 Å². The van der Waals surface area contributed by atoms with Gasteiger partial charge in [-0.3, -0.25) is 14.6 Å². The number of para-hydroxylation sites is 1. The first-order chi connectivity index (χ1) is 14.4. The van der Waals surface area contributed by atoms with Gasteiger partial charge in [0.25, 0.3) is 0 Å². The summed E-state index contributed by atoms with van der Waals surface area (Å²) in [6.07, 6.45) is 5.10. The number of hydrogen-bond donors (Lipinski definition) is 1. The molecular formula is C21H24ClN5O3. The van der Waals surface area contributed by atoms with Crippen molar-refractivity contribution >= 4 is 41.1 Å². The second-order valence-electron chi connectivity index (χ2n) is 7.65. The molecule has 1 saturated carbocycles. The number of hydrogen-bond acceptors (Lipinski definition) is 6. The number of fused-ring (bicyclic) bond motifs is 1. The molecule has 30 heavy (non-hydrogen) atoms. The molecule has 158 valence electrons. The van der Waals surface area contributed by atoms with Crippen LogP contribution in [-0.4, -0.2) is 41.2 Å². The lowest BCUT2D eigenvalue weighted by molar-refractivity contribution is -0.147. The summed E-state index contributed by atoms with van der Waals surface area (Å²) in [4.78, 5) is 36.2. The first-order valence-electron chi connectivity index (χ1n) is 10.0. The minimum atomic E-state index is -0.233. The summed E-state index contributed by atoms with van der Waals surface area (Å²) in [6, 6.07) is 7.28. The van der Waals surface area contributed by atoms with Crippen molar-refractivity contribution in [2.24, 2.45) is 0 Å². The Hall–Kier alpha value is -2.87. The molecule has 1 fully saturated rings. The van der Waals surface area contributed by atoms with Gasteiger partial charge < -0.3 is 10.1 Å². The van der Waals surface area contributed by atoms with E-state index in [-0.39, 0.29) is 24.1 Å². The van der Waals surface area contributed by atoms with Gasteiger partial charge in [-0.1, -0.05) is 23.7 Å².